The van der Waals surface area contributed by atoms with E-state index in [-0.39, 0.29) is 17.7 Å². The molecule has 174 valence electrons. The molecule has 2 aromatic carbocycles. The van der Waals surface area contributed by atoms with E-state index >= 15 is 0 Å². The van der Waals surface area contributed by atoms with E-state index in [1.54, 1.807) is 6.07 Å². The first kappa shape index (κ1) is 21.8. The van der Waals surface area contributed by atoms with Crippen LogP contribution in [0.25, 0.3) is 22.2 Å². The van der Waals surface area contributed by atoms with Crippen LogP contribution in [-0.4, -0.2) is 46.9 Å². The summed E-state index contributed by atoms with van der Waals surface area (Å²) in [5.41, 5.74) is 2.37. The molecule has 2 saturated heterocycles. The average molecular weight is 457 g/mol. The molecule has 0 aliphatic carbocycles. The predicted octanol–water partition coefficient (Wildman–Crippen LogP) is 5.10. The lowest BCUT2D eigenvalue weighted by Gasteiger charge is -2.36. The number of piperidine rings is 1. The van der Waals surface area contributed by atoms with Gasteiger partial charge in [-0.15, -0.1) is 13.2 Å². The third-order valence-electron chi connectivity index (χ3n) is 7.11. The van der Waals surface area contributed by atoms with Crippen molar-refractivity contribution in [1.82, 2.24) is 14.8 Å². The molecule has 8 heteroatoms. The first-order valence-electron chi connectivity index (χ1n) is 11.2. The number of hydrogen-bond donors (Lipinski definition) is 1. The summed E-state index contributed by atoms with van der Waals surface area (Å²) in [7, 11) is 3.97. The van der Waals surface area contributed by atoms with E-state index in [0.29, 0.717) is 28.9 Å². The monoisotopic (exact) mass is 457 g/mol. The van der Waals surface area contributed by atoms with Crippen molar-refractivity contribution < 1.29 is 22.7 Å². The van der Waals surface area contributed by atoms with Crippen LogP contribution in [0.15, 0.2) is 48.5 Å². The summed E-state index contributed by atoms with van der Waals surface area (Å²) < 4.78 is 44.4. The van der Waals surface area contributed by atoms with Gasteiger partial charge in [-0.3, -0.25) is 4.79 Å². The van der Waals surface area contributed by atoms with Gasteiger partial charge in [0.2, 0.25) is 0 Å². The molecule has 0 spiro atoms. The van der Waals surface area contributed by atoms with Gasteiger partial charge < -0.3 is 19.5 Å². The number of rotatable bonds is 4. The number of carbonyl (C=O) groups is 1. The Labute approximate surface area is 190 Å². The number of nitrogens with one attached hydrogen (secondary N) is 1. The Kier molecular flexibility index (Phi) is 5.35. The highest BCUT2D eigenvalue weighted by atomic mass is 19.4. The molecule has 33 heavy (non-hydrogen) atoms. The number of alkyl halides is 3. The molecule has 1 N–H and O–H groups in total. The molecular weight excluding hydrogens is 431 g/mol. The van der Waals surface area contributed by atoms with Crippen LogP contribution in [-0.2, 0) is 7.05 Å². The lowest BCUT2D eigenvalue weighted by Crippen LogP contribution is -2.48. The van der Waals surface area contributed by atoms with Crippen LogP contribution in [0, 0.1) is 0 Å². The molecule has 1 unspecified atom stereocenters. The number of hydrogen-bond acceptors (Lipinski definition) is 3. The zero-order valence-electron chi connectivity index (χ0n) is 18.5. The molecule has 0 saturated carbocycles. The van der Waals surface area contributed by atoms with Crippen molar-refractivity contribution >= 4 is 16.8 Å². The van der Waals surface area contributed by atoms with Crippen molar-refractivity contribution in [2.45, 2.75) is 50.2 Å². The minimum absolute atomic E-state index is 0.0814. The lowest BCUT2D eigenvalue weighted by molar-refractivity contribution is -0.274. The van der Waals surface area contributed by atoms with Crippen LogP contribution in [0.3, 0.4) is 0 Å². The Morgan fingerprint density at radius 3 is 2.42 bits per heavy atom. The number of fused-ring (bicyclic) bond motifs is 3. The highest BCUT2D eigenvalue weighted by Gasteiger charge is 2.39. The first-order chi connectivity index (χ1) is 15.7. The van der Waals surface area contributed by atoms with E-state index in [1.807, 2.05) is 35.9 Å². The number of nitrogens with zero attached hydrogens (tertiary/aromatic N) is 2. The van der Waals surface area contributed by atoms with Crippen molar-refractivity contribution in [1.29, 1.82) is 0 Å². The maximum atomic E-state index is 13.6. The predicted molar refractivity (Wildman–Crippen MR) is 120 cm³/mol. The summed E-state index contributed by atoms with van der Waals surface area (Å²) in [5, 5.41) is 4.00. The van der Waals surface area contributed by atoms with Crippen LogP contribution < -0.4 is 10.1 Å². The standard InChI is InChI=1S/C25H26F3N3O2/c1-30-17-10-11-18(30)14-16(13-17)29-24(32)22-20-8-3-4-9-21(20)31(2)23(22)15-6-5-7-19(12-15)33-25(26,27)28/h3-9,12,16-18H,10-11,13-14H2,1-2H3,(H,29,32)/t16?,17-,18+. The number of para-hydroxylation sites is 1. The summed E-state index contributed by atoms with van der Waals surface area (Å²) in [6, 6.07) is 14.4. The number of aryl methyl sites for hydroxylation is 1. The zero-order valence-corrected chi connectivity index (χ0v) is 18.5. The molecular formula is C25H26F3N3O2. The van der Waals surface area contributed by atoms with Crippen molar-refractivity contribution in [3.8, 4) is 17.0 Å². The Bertz CT molecular complexity index is 1190. The minimum atomic E-state index is -4.79. The van der Waals surface area contributed by atoms with E-state index in [0.717, 1.165) is 36.6 Å². The van der Waals surface area contributed by atoms with Gasteiger partial charge in [0.1, 0.15) is 5.75 Å². The molecule has 3 atom stereocenters. The molecule has 2 bridgehead atoms. The van der Waals surface area contributed by atoms with Gasteiger partial charge in [-0.2, -0.15) is 0 Å². The molecule has 5 rings (SSSR count). The Balaban J connectivity index is 1.53. The number of aromatic nitrogens is 1. The maximum absolute atomic E-state index is 13.6. The molecule has 0 radical (unpaired) electrons. The van der Waals surface area contributed by atoms with Crippen LogP contribution in [0.2, 0.25) is 0 Å². The number of carbonyl (C=O) groups excluding carboxylic acids is 1. The van der Waals surface area contributed by atoms with Crippen LogP contribution >= 0.6 is 0 Å². The van der Waals surface area contributed by atoms with Gasteiger partial charge in [-0.05, 0) is 50.9 Å². The number of benzene rings is 2. The average Bonchev–Trinajstić information content (AvgIpc) is 3.14. The van der Waals surface area contributed by atoms with E-state index in [9.17, 15) is 18.0 Å². The second kappa shape index (κ2) is 8.09. The topological polar surface area (TPSA) is 46.5 Å². The molecule has 1 aromatic heterocycles. The lowest BCUT2D eigenvalue weighted by atomic mass is 9.97. The van der Waals surface area contributed by atoms with E-state index < -0.39 is 6.36 Å². The molecule has 1 amide bonds. The molecule has 3 aromatic rings. The maximum Gasteiger partial charge on any atom is 0.573 e. The second-order valence-electron chi connectivity index (χ2n) is 9.07. The summed E-state index contributed by atoms with van der Waals surface area (Å²) >= 11 is 0. The number of ether oxygens (including phenoxy) is 1. The fourth-order valence-corrected chi connectivity index (χ4v) is 5.59. The van der Waals surface area contributed by atoms with Gasteiger partial charge in [0.25, 0.3) is 5.91 Å². The zero-order chi connectivity index (χ0) is 23.3. The Morgan fingerprint density at radius 1 is 1.03 bits per heavy atom. The third kappa shape index (κ3) is 4.08. The summed E-state index contributed by atoms with van der Waals surface area (Å²) in [6.07, 6.45) is -0.662. The first-order valence-corrected chi connectivity index (χ1v) is 11.2. The summed E-state index contributed by atoms with van der Waals surface area (Å²) in [4.78, 5) is 16.0. The molecule has 5 nitrogen and oxygen atoms in total. The SMILES string of the molecule is CN1[C@@H]2CC[C@H]1CC(NC(=O)c1c(-c3cccc(OC(F)(F)F)c3)n(C)c3ccccc13)C2. The van der Waals surface area contributed by atoms with E-state index in [1.165, 1.54) is 18.2 Å². The third-order valence-corrected chi connectivity index (χ3v) is 7.11. The van der Waals surface area contributed by atoms with Gasteiger partial charge in [-0.25, -0.2) is 0 Å². The van der Waals surface area contributed by atoms with Gasteiger partial charge >= 0.3 is 6.36 Å². The largest absolute Gasteiger partial charge is 0.573 e. The fourth-order valence-electron chi connectivity index (χ4n) is 5.59. The van der Waals surface area contributed by atoms with Crippen molar-refractivity contribution in [3.05, 3.63) is 54.1 Å². The van der Waals surface area contributed by atoms with Gasteiger partial charge in [-0.1, -0.05) is 30.3 Å². The molecule has 3 heterocycles. The smallest absolute Gasteiger partial charge is 0.406 e. The molecule has 2 fully saturated rings. The van der Waals surface area contributed by atoms with Crippen molar-refractivity contribution in [2.24, 2.45) is 7.05 Å². The van der Waals surface area contributed by atoms with Crippen LogP contribution in [0.5, 0.6) is 5.75 Å². The van der Waals surface area contributed by atoms with Crippen LogP contribution in [0.1, 0.15) is 36.0 Å². The fraction of sp³-hybridized carbons (Fsp3) is 0.400. The van der Waals surface area contributed by atoms with E-state index in [2.05, 4.69) is 22.0 Å². The second-order valence-corrected chi connectivity index (χ2v) is 9.07. The highest BCUT2D eigenvalue weighted by molar-refractivity contribution is 6.13. The van der Waals surface area contributed by atoms with Gasteiger partial charge in [0.05, 0.1) is 11.3 Å². The quantitative estimate of drug-likeness (QED) is 0.593. The van der Waals surface area contributed by atoms with Gasteiger partial charge in [0, 0.05) is 41.6 Å². The molecule has 2 aliphatic rings. The summed E-state index contributed by atoms with van der Waals surface area (Å²) in [6.45, 7) is 0. The molecule has 2 aliphatic heterocycles. The van der Waals surface area contributed by atoms with E-state index in [4.69, 9.17) is 0 Å². The van der Waals surface area contributed by atoms with Gasteiger partial charge in [0.15, 0.2) is 0 Å². The number of halogens is 3. The summed E-state index contributed by atoms with van der Waals surface area (Å²) in [5.74, 6) is -0.513. The normalized spacial score (nSPS) is 23.1. The Morgan fingerprint density at radius 2 is 1.73 bits per heavy atom. The van der Waals surface area contributed by atoms with Crippen molar-refractivity contribution in [2.75, 3.05) is 7.05 Å². The highest BCUT2D eigenvalue weighted by Crippen LogP contribution is 2.37. The van der Waals surface area contributed by atoms with Crippen LogP contribution in [0.4, 0.5) is 13.2 Å². The Hall–Kier alpha value is -3.00. The minimum Gasteiger partial charge on any atom is -0.406 e. The number of amides is 1. The van der Waals surface area contributed by atoms with Crippen molar-refractivity contribution in [3.63, 3.8) is 0 Å².